The van der Waals surface area contributed by atoms with Gasteiger partial charge in [0, 0.05) is 26.2 Å². The predicted octanol–water partition coefficient (Wildman–Crippen LogP) is 2.20. The van der Waals surface area contributed by atoms with Gasteiger partial charge in [0.25, 0.3) is 0 Å². The highest BCUT2D eigenvalue weighted by Crippen LogP contribution is 2.13. The summed E-state index contributed by atoms with van der Waals surface area (Å²) < 4.78 is 0. The van der Waals surface area contributed by atoms with E-state index in [4.69, 9.17) is 5.11 Å². The fourth-order valence-corrected chi connectivity index (χ4v) is 2.95. The van der Waals surface area contributed by atoms with Crippen molar-refractivity contribution in [3.8, 4) is 0 Å². The van der Waals surface area contributed by atoms with Crippen LogP contribution in [0, 0.1) is 0 Å². The number of hydrogen-bond acceptors (Lipinski definition) is 3. The maximum atomic E-state index is 12.0. The van der Waals surface area contributed by atoms with Gasteiger partial charge in [0.15, 0.2) is 0 Å². The molecule has 5 heteroatoms. The number of aliphatic hydroxyl groups excluding tert-OH is 1. The lowest BCUT2D eigenvalue weighted by Crippen LogP contribution is -2.41. The van der Waals surface area contributed by atoms with Crippen molar-refractivity contribution in [1.29, 1.82) is 0 Å². The van der Waals surface area contributed by atoms with Crippen LogP contribution in [0.2, 0.25) is 0 Å². The molecule has 5 nitrogen and oxygen atoms in total. The van der Waals surface area contributed by atoms with Gasteiger partial charge >= 0.3 is 6.03 Å². The second-order valence-electron chi connectivity index (χ2n) is 6.12. The molecular formula is C18H29N3O2. The van der Waals surface area contributed by atoms with Crippen LogP contribution in [0.4, 0.5) is 4.79 Å². The lowest BCUT2D eigenvalue weighted by atomic mass is 10.1. The van der Waals surface area contributed by atoms with Crippen LogP contribution in [-0.4, -0.2) is 53.7 Å². The van der Waals surface area contributed by atoms with E-state index in [1.54, 1.807) is 4.90 Å². The predicted molar refractivity (Wildman–Crippen MR) is 92.1 cm³/mol. The third-order valence-electron chi connectivity index (χ3n) is 4.36. The Morgan fingerprint density at radius 3 is 2.43 bits per heavy atom. The summed E-state index contributed by atoms with van der Waals surface area (Å²) in [5.74, 6) is 0. The Hall–Kier alpha value is -1.59. The monoisotopic (exact) mass is 319 g/mol. The molecule has 0 aliphatic carbocycles. The molecule has 2 amide bonds. The Morgan fingerprint density at radius 1 is 1.17 bits per heavy atom. The van der Waals surface area contributed by atoms with E-state index in [0.29, 0.717) is 19.6 Å². The van der Waals surface area contributed by atoms with Gasteiger partial charge in [0.1, 0.15) is 0 Å². The number of amides is 2. The van der Waals surface area contributed by atoms with Crippen LogP contribution in [0.15, 0.2) is 24.3 Å². The molecule has 0 radical (unpaired) electrons. The molecule has 128 valence electrons. The topological polar surface area (TPSA) is 55.8 Å². The number of urea groups is 1. The van der Waals surface area contributed by atoms with E-state index < -0.39 is 0 Å². The fourth-order valence-electron chi connectivity index (χ4n) is 2.95. The number of likely N-dealkylation sites (tertiary alicyclic amines) is 1. The summed E-state index contributed by atoms with van der Waals surface area (Å²) in [7, 11) is 0. The smallest absolute Gasteiger partial charge is 0.317 e. The second kappa shape index (κ2) is 9.53. The van der Waals surface area contributed by atoms with E-state index >= 15 is 0 Å². The van der Waals surface area contributed by atoms with Crippen molar-refractivity contribution < 1.29 is 9.90 Å². The van der Waals surface area contributed by atoms with Gasteiger partial charge in [-0.15, -0.1) is 0 Å². The first-order valence-corrected chi connectivity index (χ1v) is 8.66. The zero-order valence-electron chi connectivity index (χ0n) is 14.1. The SMILES string of the molecule is CCN(CCO)C(=O)NCc1ccc(CN2CCCCC2)cc1. The number of carbonyl (C=O) groups is 1. The Labute approximate surface area is 139 Å². The molecule has 0 aromatic heterocycles. The molecule has 23 heavy (non-hydrogen) atoms. The zero-order chi connectivity index (χ0) is 16.5. The maximum Gasteiger partial charge on any atom is 0.317 e. The molecule has 0 bridgehead atoms. The average Bonchev–Trinajstić information content (AvgIpc) is 2.59. The number of aliphatic hydroxyl groups is 1. The van der Waals surface area contributed by atoms with E-state index in [2.05, 4.69) is 34.5 Å². The second-order valence-corrected chi connectivity index (χ2v) is 6.12. The van der Waals surface area contributed by atoms with E-state index in [1.165, 1.54) is 37.9 Å². The van der Waals surface area contributed by atoms with Crippen LogP contribution >= 0.6 is 0 Å². The molecule has 0 saturated carbocycles. The Balaban J connectivity index is 1.79. The summed E-state index contributed by atoms with van der Waals surface area (Å²) >= 11 is 0. The van der Waals surface area contributed by atoms with Gasteiger partial charge in [-0.05, 0) is 44.0 Å². The van der Waals surface area contributed by atoms with Crippen LogP contribution in [0.1, 0.15) is 37.3 Å². The summed E-state index contributed by atoms with van der Waals surface area (Å²) in [4.78, 5) is 16.1. The van der Waals surface area contributed by atoms with Crippen molar-refractivity contribution in [3.05, 3.63) is 35.4 Å². The van der Waals surface area contributed by atoms with Gasteiger partial charge in [-0.1, -0.05) is 30.7 Å². The number of hydrogen-bond donors (Lipinski definition) is 2. The number of rotatable bonds is 7. The third-order valence-corrected chi connectivity index (χ3v) is 4.36. The van der Waals surface area contributed by atoms with Crippen molar-refractivity contribution >= 4 is 6.03 Å². The number of nitrogens with zero attached hydrogens (tertiary/aromatic N) is 2. The minimum atomic E-state index is -0.126. The molecule has 2 rings (SSSR count). The molecule has 1 saturated heterocycles. The van der Waals surface area contributed by atoms with Crippen LogP contribution in [0.3, 0.4) is 0 Å². The van der Waals surface area contributed by atoms with Crippen LogP contribution in [0.25, 0.3) is 0 Å². The van der Waals surface area contributed by atoms with Crippen molar-refractivity contribution in [2.45, 2.75) is 39.3 Å². The molecule has 0 unspecified atom stereocenters. The highest BCUT2D eigenvalue weighted by Gasteiger charge is 2.11. The highest BCUT2D eigenvalue weighted by molar-refractivity contribution is 5.74. The van der Waals surface area contributed by atoms with Crippen molar-refractivity contribution in [2.75, 3.05) is 32.8 Å². The van der Waals surface area contributed by atoms with Gasteiger partial charge in [0.05, 0.1) is 6.61 Å². The summed E-state index contributed by atoms with van der Waals surface area (Å²) in [5, 5.41) is 11.8. The first-order chi connectivity index (χ1) is 11.2. The summed E-state index contributed by atoms with van der Waals surface area (Å²) in [6.45, 7) is 6.82. The molecule has 0 atom stereocenters. The summed E-state index contributed by atoms with van der Waals surface area (Å²) in [5.41, 5.74) is 2.43. The molecule has 1 aromatic carbocycles. The van der Waals surface area contributed by atoms with Crippen LogP contribution in [0.5, 0.6) is 0 Å². The van der Waals surface area contributed by atoms with E-state index in [0.717, 1.165) is 12.1 Å². The van der Waals surface area contributed by atoms with Crippen molar-refractivity contribution in [1.82, 2.24) is 15.1 Å². The Kier molecular flexibility index (Phi) is 7.36. The normalized spacial score (nSPS) is 15.4. The van der Waals surface area contributed by atoms with Gasteiger partial charge in [-0.25, -0.2) is 4.79 Å². The number of nitrogens with one attached hydrogen (secondary N) is 1. The molecule has 1 aliphatic heterocycles. The number of piperidine rings is 1. The van der Waals surface area contributed by atoms with Gasteiger partial charge < -0.3 is 15.3 Å². The molecule has 1 heterocycles. The quantitative estimate of drug-likeness (QED) is 0.810. The van der Waals surface area contributed by atoms with E-state index in [1.807, 2.05) is 6.92 Å². The van der Waals surface area contributed by atoms with Gasteiger partial charge in [-0.2, -0.15) is 0 Å². The van der Waals surface area contributed by atoms with E-state index in [-0.39, 0.29) is 12.6 Å². The minimum absolute atomic E-state index is 0.00748. The molecular weight excluding hydrogens is 290 g/mol. The van der Waals surface area contributed by atoms with Crippen molar-refractivity contribution in [3.63, 3.8) is 0 Å². The van der Waals surface area contributed by atoms with Crippen LogP contribution in [-0.2, 0) is 13.1 Å². The molecule has 2 N–H and O–H groups in total. The lowest BCUT2D eigenvalue weighted by molar-refractivity contribution is 0.180. The highest BCUT2D eigenvalue weighted by atomic mass is 16.3. The fraction of sp³-hybridized carbons (Fsp3) is 0.611. The molecule has 1 fully saturated rings. The van der Waals surface area contributed by atoms with E-state index in [9.17, 15) is 4.79 Å². The number of benzene rings is 1. The number of likely N-dealkylation sites (N-methyl/N-ethyl adjacent to an activating group) is 1. The molecule has 0 spiro atoms. The largest absolute Gasteiger partial charge is 0.395 e. The molecule has 1 aromatic rings. The molecule has 1 aliphatic rings. The first kappa shape index (κ1) is 17.8. The minimum Gasteiger partial charge on any atom is -0.395 e. The van der Waals surface area contributed by atoms with Gasteiger partial charge in [-0.3, -0.25) is 4.90 Å². The third kappa shape index (κ3) is 5.84. The maximum absolute atomic E-state index is 12.0. The number of carbonyl (C=O) groups excluding carboxylic acids is 1. The Bertz CT molecular complexity index is 470. The first-order valence-electron chi connectivity index (χ1n) is 8.66. The average molecular weight is 319 g/mol. The standard InChI is InChI=1S/C18H29N3O2/c1-2-21(12-13-22)18(23)19-14-16-6-8-17(9-7-16)15-20-10-4-3-5-11-20/h6-9,22H,2-5,10-15H2,1H3,(H,19,23). The van der Waals surface area contributed by atoms with Crippen LogP contribution < -0.4 is 5.32 Å². The van der Waals surface area contributed by atoms with Gasteiger partial charge in [0.2, 0.25) is 0 Å². The lowest BCUT2D eigenvalue weighted by Gasteiger charge is -2.26. The summed E-state index contributed by atoms with van der Waals surface area (Å²) in [6, 6.07) is 8.35. The van der Waals surface area contributed by atoms with Crippen molar-refractivity contribution in [2.24, 2.45) is 0 Å². The summed E-state index contributed by atoms with van der Waals surface area (Å²) in [6.07, 6.45) is 3.98. The zero-order valence-corrected chi connectivity index (χ0v) is 14.1. The Morgan fingerprint density at radius 2 is 1.83 bits per heavy atom.